The minimum atomic E-state index is -1.20. The largest absolute Gasteiger partial charge is 0.381 e. The monoisotopic (exact) mass is 418 g/mol. The molecule has 160 valence electrons. The predicted octanol–water partition coefficient (Wildman–Crippen LogP) is 4.95. The molecule has 0 radical (unpaired) electrons. The van der Waals surface area contributed by atoms with E-state index in [0.717, 1.165) is 29.9 Å². The van der Waals surface area contributed by atoms with Crippen LogP contribution in [0.5, 0.6) is 0 Å². The maximum atomic E-state index is 15.3. The highest BCUT2D eigenvalue weighted by Crippen LogP contribution is 2.42. The van der Waals surface area contributed by atoms with Crippen molar-refractivity contribution in [2.75, 3.05) is 19.8 Å². The zero-order valence-corrected chi connectivity index (χ0v) is 17.4. The maximum absolute atomic E-state index is 15.3. The Bertz CT molecular complexity index is 1120. The number of fused-ring (bicyclic) bond motifs is 3. The molecule has 31 heavy (non-hydrogen) atoms. The Morgan fingerprint density at radius 2 is 1.77 bits per heavy atom. The number of aromatic amines is 2. The van der Waals surface area contributed by atoms with Gasteiger partial charge in [-0.05, 0) is 30.2 Å². The quantitative estimate of drug-likeness (QED) is 0.432. The Labute approximate surface area is 181 Å². The van der Waals surface area contributed by atoms with Crippen LogP contribution >= 0.6 is 0 Å². The summed E-state index contributed by atoms with van der Waals surface area (Å²) in [6.45, 7) is 1.88. The van der Waals surface area contributed by atoms with Crippen LogP contribution in [-0.4, -0.2) is 40.4 Å². The molecule has 2 aliphatic heterocycles. The van der Waals surface area contributed by atoms with Crippen molar-refractivity contribution in [2.45, 2.75) is 31.0 Å². The molecule has 0 saturated carbocycles. The van der Waals surface area contributed by atoms with E-state index in [9.17, 15) is 0 Å². The van der Waals surface area contributed by atoms with Crippen LogP contribution in [0.3, 0.4) is 0 Å². The minimum absolute atomic E-state index is 0.234. The second-order valence-corrected chi connectivity index (χ2v) is 8.18. The molecule has 3 N–H and O–H groups in total. The van der Waals surface area contributed by atoms with E-state index in [1.165, 1.54) is 16.5 Å². The summed E-state index contributed by atoms with van der Waals surface area (Å²) >= 11 is 0. The number of aromatic nitrogens is 3. The third kappa shape index (κ3) is 4.01. The van der Waals surface area contributed by atoms with Gasteiger partial charge in [0.25, 0.3) is 0 Å². The van der Waals surface area contributed by atoms with Gasteiger partial charge in [-0.2, -0.15) is 0 Å². The van der Waals surface area contributed by atoms with E-state index >= 15 is 4.39 Å². The van der Waals surface area contributed by atoms with Crippen LogP contribution in [0.15, 0.2) is 67.1 Å². The number of halogens is 1. The third-order valence-electron chi connectivity index (χ3n) is 6.28. The number of nitrogens with one attached hydrogen (secondary N) is 3. The molecular formula is C25H27FN4O. The SMILES string of the molecule is FC1(C2NCCc3c2[nH]c2ccccc32)CCOCC1.c1ccc(-c2cnc[nH]2)cc1. The summed E-state index contributed by atoms with van der Waals surface area (Å²) in [7, 11) is 0. The van der Waals surface area contributed by atoms with Crippen LogP contribution in [0, 0.1) is 0 Å². The van der Waals surface area contributed by atoms with Gasteiger partial charge in [0.15, 0.2) is 0 Å². The van der Waals surface area contributed by atoms with Crippen LogP contribution in [0.1, 0.15) is 30.1 Å². The second kappa shape index (κ2) is 8.65. The van der Waals surface area contributed by atoms with Crippen molar-refractivity contribution < 1.29 is 9.13 Å². The van der Waals surface area contributed by atoms with Gasteiger partial charge in [-0.25, -0.2) is 9.37 Å². The van der Waals surface area contributed by atoms with Crippen LogP contribution in [0.25, 0.3) is 22.2 Å². The highest BCUT2D eigenvalue weighted by Gasteiger charge is 2.44. The first-order valence-electron chi connectivity index (χ1n) is 10.9. The van der Waals surface area contributed by atoms with E-state index in [2.05, 4.69) is 32.4 Å². The molecular weight excluding hydrogens is 391 g/mol. The average Bonchev–Trinajstić information content (AvgIpc) is 3.49. The summed E-state index contributed by atoms with van der Waals surface area (Å²) < 4.78 is 20.6. The molecule has 2 aliphatic rings. The minimum Gasteiger partial charge on any atom is -0.381 e. The molecule has 6 heteroatoms. The van der Waals surface area contributed by atoms with Crippen molar-refractivity contribution in [3.8, 4) is 11.3 Å². The molecule has 2 aromatic heterocycles. The van der Waals surface area contributed by atoms with E-state index in [4.69, 9.17) is 4.74 Å². The standard InChI is InChI=1S/C16H19FN2O.C9H8N2/c17-16(6-9-20-10-7-16)15-14-12(5-8-18-15)11-3-1-2-4-13(11)19-14;1-2-4-8(5-3-1)9-6-10-7-11-9/h1-4,15,18-19H,5-10H2;1-7H,(H,10,11). The van der Waals surface area contributed by atoms with Crippen LogP contribution in [0.4, 0.5) is 4.39 Å². The molecule has 0 aliphatic carbocycles. The average molecular weight is 419 g/mol. The number of ether oxygens (including phenoxy) is 1. The lowest BCUT2D eigenvalue weighted by molar-refractivity contribution is -0.0325. The van der Waals surface area contributed by atoms with Gasteiger partial charge in [-0.15, -0.1) is 0 Å². The van der Waals surface area contributed by atoms with Gasteiger partial charge in [0.1, 0.15) is 5.67 Å². The molecule has 6 rings (SSSR count). The van der Waals surface area contributed by atoms with E-state index < -0.39 is 5.67 Å². The predicted molar refractivity (Wildman–Crippen MR) is 121 cm³/mol. The third-order valence-corrected chi connectivity index (χ3v) is 6.28. The van der Waals surface area contributed by atoms with Crippen molar-refractivity contribution in [2.24, 2.45) is 0 Å². The van der Waals surface area contributed by atoms with Gasteiger partial charge in [0, 0.05) is 42.7 Å². The van der Waals surface area contributed by atoms with Crippen molar-refractivity contribution in [3.63, 3.8) is 0 Å². The van der Waals surface area contributed by atoms with E-state index in [1.807, 2.05) is 48.7 Å². The zero-order chi connectivity index (χ0) is 21.1. The number of H-pyrrole nitrogens is 2. The maximum Gasteiger partial charge on any atom is 0.136 e. The molecule has 5 nitrogen and oxygen atoms in total. The Kier molecular flexibility index (Phi) is 5.57. The lowest BCUT2D eigenvalue weighted by atomic mass is 9.83. The number of alkyl halides is 1. The highest BCUT2D eigenvalue weighted by atomic mass is 19.1. The number of hydrogen-bond acceptors (Lipinski definition) is 3. The first-order valence-corrected chi connectivity index (χ1v) is 10.9. The molecule has 1 unspecified atom stereocenters. The molecule has 0 spiro atoms. The fourth-order valence-corrected chi connectivity index (χ4v) is 4.65. The first kappa shape index (κ1) is 20.0. The first-order chi connectivity index (χ1) is 15.2. The van der Waals surface area contributed by atoms with Gasteiger partial charge < -0.3 is 20.0 Å². The van der Waals surface area contributed by atoms with Gasteiger partial charge in [0.05, 0.1) is 24.3 Å². The summed E-state index contributed by atoms with van der Waals surface area (Å²) in [5, 5.41) is 4.63. The topological polar surface area (TPSA) is 65.7 Å². The summed E-state index contributed by atoms with van der Waals surface area (Å²) in [6, 6.07) is 18.1. The molecule has 2 aromatic carbocycles. The van der Waals surface area contributed by atoms with Gasteiger partial charge in [0.2, 0.25) is 0 Å². The number of benzene rings is 2. The second-order valence-electron chi connectivity index (χ2n) is 8.18. The summed E-state index contributed by atoms with van der Waals surface area (Å²) in [5.41, 5.74) is 4.47. The molecule has 1 atom stereocenters. The Hall–Kier alpha value is -2.96. The normalized spacial score (nSPS) is 20.0. The van der Waals surface area contributed by atoms with Gasteiger partial charge in [-0.1, -0.05) is 48.5 Å². The number of hydrogen-bond donors (Lipinski definition) is 3. The van der Waals surface area contributed by atoms with Gasteiger partial charge in [-0.3, -0.25) is 0 Å². The van der Waals surface area contributed by atoms with Crippen molar-refractivity contribution in [1.82, 2.24) is 20.3 Å². The van der Waals surface area contributed by atoms with E-state index in [1.54, 1.807) is 6.33 Å². The number of nitrogens with zero attached hydrogens (tertiary/aromatic N) is 1. The molecule has 1 saturated heterocycles. The van der Waals surface area contributed by atoms with Crippen LogP contribution in [0.2, 0.25) is 0 Å². The van der Waals surface area contributed by atoms with E-state index in [0.29, 0.717) is 26.1 Å². The number of para-hydroxylation sites is 1. The van der Waals surface area contributed by atoms with Crippen molar-refractivity contribution in [1.29, 1.82) is 0 Å². The van der Waals surface area contributed by atoms with Gasteiger partial charge >= 0.3 is 0 Å². The lowest BCUT2D eigenvalue weighted by Crippen LogP contribution is -2.47. The fourth-order valence-electron chi connectivity index (χ4n) is 4.65. The smallest absolute Gasteiger partial charge is 0.136 e. The van der Waals surface area contributed by atoms with Crippen molar-refractivity contribution >= 4 is 10.9 Å². The van der Waals surface area contributed by atoms with E-state index in [-0.39, 0.29) is 6.04 Å². The highest BCUT2D eigenvalue weighted by molar-refractivity contribution is 5.85. The molecule has 4 aromatic rings. The number of rotatable bonds is 2. The lowest BCUT2D eigenvalue weighted by Gasteiger charge is -2.39. The summed E-state index contributed by atoms with van der Waals surface area (Å²) in [6.07, 6.45) is 5.40. The molecule has 1 fully saturated rings. The Balaban J connectivity index is 0.000000157. The molecule has 0 bridgehead atoms. The summed E-state index contributed by atoms with van der Waals surface area (Å²) in [4.78, 5) is 10.4. The summed E-state index contributed by atoms with van der Waals surface area (Å²) in [5.74, 6) is 0. The Morgan fingerprint density at radius 1 is 1.00 bits per heavy atom. The zero-order valence-electron chi connectivity index (χ0n) is 17.4. The van der Waals surface area contributed by atoms with Crippen molar-refractivity contribution in [3.05, 3.63) is 78.4 Å². The molecule has 4 heterocycles. The van der Waals surface area contributed by atoms with Crippen LogP contribution in [-0.2, 0) is 11.2 Å². The Morgan fingerprint density at radius 3 is 2.55 bits per heavy atom. The fraction of sp³-hybridized carbons (Fsp3) is 0.320. The number of imidazole rings is 1. The molecule has 0 amide bonds. The van der Waals surface area contributed by atoms with Crippen LogP contribution < -0.4 is 5.32 Å².